The van der Waals surface area contributed by atoms with Crippen LogP contribution in [-0.2, 0) is 11.2 Å². The third kappa shape index (κ3) is 3.75. The summed E-state index contributed by atoms with van der Waals surface area (Å²) in [4.78, 5) is 18.2. The molecule has 124 valence electrons. The molecule has 1 atom stereocenters. The number of hydrogen-bond donors (Lipinski definition) is 2. The van der Waals surface area contributed by atoms with Gasteiger partial charge in [-0.3, -0.25) is 4.79 Å². The molecule has 3 rings (SSSR count). The number of hydrogen-bond acceptors (Lipinski definition) is 2. The van der Waals surface area contributed by atoms with Gasteiger partial charge in [-0.15, -0.1) is 0 Å². The second kappa shape index (κ2) is 7.18. The van der Waals surface area contributed by atoms with Crippen molar-refractivity contribution in [3.8, 4) is 0 Å². The van der Waals surface area contributed by atoms with Crippen LogP contribution >= 0.6 is 0 Å². The van der Waals surface area contributed by atoms with Crippen molar-refractivity contribution < 1.29 is 4.79 Å². The third-order valence-corrected chi connectivity index (χ3v) is 5.00. The fraction of sp³-hybridized carbons (Fsp3) is 0.526. The summed E-state index contributed by atoms with van der Waals surface area (Å²) in [5.74, 6) is 0.725. The monoisotopic (exact) mass is 313 g/mol. The standard InChI is InChI=1S/C19H27N3O/c1-3-22-10-6-7-15(13-22)12-20-19(23)11-17-14(2)21-18-9-5-4-8-16(17)18/h4-5,8-9,15,21H,3,6-7,10-13H2,1-2H3,(H,20,23)/t15-/m1/s1. The highest BCUT2D eigenvalue weighted by atomic mass is 16.1. The molecule has 1 aromatic carbocycles. The number of amides is 1. The van der Waals surface area contributed by atoms with Crippen molar-refractivity contribution in [1.82, 2.24) is 15.2 Å². The van der Waals surface area contributed by atoms with Gasteiger partial charge in [0.2, 0.25) is 5.91 Å². The Morgan fingerprint density at radius 3 is 3.04 bits per heavy atom. The summed E-state index contributed by atoms with van der Waals surface area (Å²) in [7, 11) is 0. The maximum absolute atomic E-state index is 12.4. The van der Waals surface area contributed by atoms with Gasteiger partial charge in [-0.25, -0.2) is 0 Å². The Kier molecular flexibility index (Phi) is 5.01. The minimum absolute atomic E-state index is 0.131. The molecular formula is C19H27N3O. The Labute approximate surface area is 138 Å². The number of aromatic nitrogens is 1. The molecule has 1 aliphatic heterocycles. The van der Waals surface area contributed by atoms with Crippen molar-refractivity contribution in [2.75, 3.05) is 26.2 Å². The van der Waals surface area contributed by atoms with E-state index in [4.69, 9.17) is 0 Å². The number of nitrogens with one attached hydrogen (secondary N) is 2. The number of benzene rings is 1. The number of aromatic amines is 1. The van der Waals surface area contributed by atoms with Crippen LogP contribution in [0.1, 0.15) is 31.0 Å². The Morgan fingerprint density at radius 2 is 2.22 bits per heavy atom. The van der Waals surface area contributed by atoms with Gasteiger partial charge in [-0.2, -0.15) is 0 Å². The molecule has 2 aromatic rings. The van der Waals surface area contributed by atoms with E-state index in [9.17, 15) is 4.79 Å². The first-order valence-corrected chi connectivity index (χ1v) is 8.72. The van der Waals surface area contributed by atoms with E-state index < -0.39 is 0 Å². The van der Waals surface area contributed by atoms with Gasteiger partial charge >= 0.3 is 0 Å². The summed E-state index contributed by atoms with van der Waals surface area (Å²) in [5.41, 5.74) is 3.33. The van der Waals surface area contributed by atoms with Crippen LogP contribution in [0.3, 0.4) is 0 Å². The third-order valence-electron chi connectivity index (χ3n) is 5.00. The van der Waals surface area contributed by atoms with Gasteiger partial charge in [0.1, 0.15) is 0 Å². The lowest BCUT2D eigenvalue weighted by Crippen LogP contribution is -2.41. The number of piperidine rings is 1. The summed E-state index contributed by atoms with van der Waals surface area (Å²) in [6, 6.07) is 8.19. The van der Waals surface area contributed by atoms with Crippen LogP contribution in [0.5, 0.6) is 0 Å². The number of rotatable bonds is 5. The summed E-state index contributed by atoms with van der Waals surface area (Å²) in [6.07, 6.45) is 2.93. The first-order chi connectivity index (χ1) is 11.2. The van der Waals surface area contributed by atoms with Gasteiger partial charge < -0.3 is 15.2 Å². The van der Waals surface area contributed by atoms with Crippen LogP contribution in [0.25, 0.3) is 10.9 Å². The molecule has 0 aliphatic carbocycles. The highest BCUT2D eigenvalue weighted by Gasteiger charge is 2.19. The number of aryl methyl sites for hydroxylation is 1. The van der Waals surface area contributed by atoms with E-state index in [1.165, 1.54) is 19.4 Å². The van der Waals surface area contributed by atoms with Gasteiger partial charge in [0.15, 0.2) is 0 Å². The molecule has 1 fully saturated rings. The molecule has 0 unspecified atom stereocenters. The lowest BCUT2D eigenvalue weighted by Gasteiger charge is -2.31. The first-order valence-electron chi connectivity index (χ1n) is 8.72. The van der Waals surface area contributed by atoms with Crippen molar-refractivity contribution >= 4 is 16.8 Å². The zero-order valence-electron chi connectivity index (χ0n) is 14.2. The number of nitrogens with zero attached hydrogens (tertiary/aromatic N) is 1. The van der Waals surface area contributed by atoms with E-state index in [1.807, 2.05) is 19.1 Å². The summed E-state index contributed by atoms with van der Waals surface area (Å²) < 4.78 is 0. The fourth-order valence-corrected chi connectivity index (χ4v) is 3.65. The van der Waals surface area contributed by atoms with Crippen LogP contribution in [0, 0.1) is 12.8 Å². The van der Waals surface area contributed by atoms with Gasteiger partial charge in [0, 0.05) is 29.7 Å². The molecule has 0 radical (unpaired) electrons. The lowest BCUT2D eigenvalue weighted by molar-refractivity contribution is -0.120. The molecule has 1 aliphatic rings. The molecule has 1 amide bonds. The number of carbonyl (C=O) groups is 1. The van der Waals surface area contributed by atoms with E-state index >= 15 is 0 Å². The molecule has 4 nitrogen and oxygen atoms in total. The van der Waals surface area contributed by atoms with Gasteiger partial charge in [-0.05, 0) is 50.4 Å². The van der Waals surface area contributed by atoms with Gasteiger partial charge in [0.25, 0.3) is 0 Å². The molecule has 0 saturated carbocycles. The minimum atomic E-state index is 0.131. The molecular weight excluding hydrogens is 286 g/mol. The van der Waals surface area contributed by atoms with Gasteiger partial charge in [-0.1, -0.05) is 25.1 Å². The summed E-state index contributed by atoms with van der Waals surface area (Å²) in [6.45, 7) is 8.48. The Bertz CT molecular complexity index is 676. The minimum Gasteiger partial charge on any atom is -0.358 e. The lowest BCUT2D eigenvalue weighted by atomic mass is 9.98. The topological polar surface area (TPSA) is 48.1 Å². The number of fused-ring (bicyclic) bond motifs is 1. The molecule has 1 saturated heterocycles. The number of H-pyrrole nitrogens is 1. The van der Waals surface area contributed by atoms with Crippen molar-refractivity contribution in [3.05, 3.63) is 35.5 Å². The molecule has 2 heterocycles. The number of carbonyl (C=O) groups excluding carboxylic acids is 1. The largest absolute Gasteiger partial charge is 0.358 e. The predicted octanol–water partition coefficient (Wildman–Crippen LogP) is 2.87. The van der Waals surface area contributed by atoms with Crippen molar-refractivity contribution in [1.29, 1.82) is 0 Å². The fourth-order valence-electron chi connectivity index (χ4n) is 3.65. The Morgan fingerprint density at radius 1 is 1.39 bits per heavy atom. The SMILES string of the molecule is CCN1CCC[C@H](CNC(=O)Cc2c(C)[nH]c3ccccc23)C1. The zero-order chi connectivity index (χ0) is 16.2. The Hall–Kier alpha value is -1.81. The molecule has 0 spiro atoms. The van der Waals surface area contributed by atoms with E-state index in [0.29, 0.717) is 12.3 Å². The van der Waals surface area contributed by atoms with Crippen molar-refractivity contribution in [2.45, 2.75) is 33.1 Å². The van der Waals surface area contributed by atoms with Crippen LogP contribution in [0.4, 0.5) is 0 Å². The van der Waals surface area contributed by atoms with E-state index in [1.54, 1.807) is 0 Å². The first kappa shape index (κ1) is 16.1. The van der Waals surface area contributed by atoms with E-state index in [2.05, 4.69) is 34.3 Å². The molecule has 4 heteroatoms. The highest BCUT2D eigenvalue weighted by Crippen LogP contribution is 2.22. The molecule has 1 aromatic heterocycles. The second-order valence-corrected chi connectivity index (χ2v) is 6.66. The molecule has 23 heavy (non-hydrogen) atoms. The highest BCUT2D eigenvalue weighted by molar-refractivity contribution is 5.90. The number of likely N-dealkylation sites (tertiary alicyclic amines) is 1. The van der Waals surface area contributed by atoms with Crippen LogP contribution in [0.15, 0.2) is 24.3 Å². The second-order valence-electron chi connectivity index (χ2n) is 6.66. The summed E-state index contributed by atoms with van der Waals surface area (Å²) in [5, 5.41) is 4.31. The maximum Gasteiger partial charge on any atom is 0.224 e. The smallest absolute Gasteiger partial charge is 0.224 e. The summed E-state index contributed by atoms with van der Waals surface area (Å²) >= 11 is 0. The van der Waals surface area contributed by atoms with Crippen LogP contribution < -0.4 is 5.32 Å². The van der Waals surface area contributed by atoms with E-state index in [0.717, 1.165) is 41.8 Å². The predicted molar refractivity (Wildman–Crippen MR) is 94.6 cm³/mol. The van der Waals surface area contributed by atoms with Crippen LogP contribution in [-0.4, -0.2) is 42.0 Å². The van der Waals surface area contributed by atoms with Crippen molar-refractivity contribution in [3.63, 3.8) is 0 Å². The van der Waals surface area contributed by atoms with E-state index in [-0.39, 0.29) is 5.91 Å². The van der Waals surface area contributed by atoms with Gasteiger partial charge in [0.05, 0.1) is 6.42 Å². The quantitative estimate of drug-likeness (QED) is 0.892. The Balaban J connectivity index is 1.57. The average molecular weight is 313 g/mol. The zero-order valence-corrected chi connectivity index (χ0v) is 14.2. The molecule has 0 bridgehead atoms. The van der Waals surface area contributed by atoms with Crippen molar-refractivity contribution in [2.24, 2.45) is 5.92 Å². The van der Waals surface area contributed by atoms with Crippen LogP contribution in [0.2, 0.25) is 0 Å². The molecule has 2 N–H and O–H groups in total. The maximum atomic E-state index is 12.4. The normalized spacial score (nSPS) is 19.1. The average Bonchev–Trinajstić information content (AvgIpc) is 2.89. The number of para-hydroxylation sites is 1.